The predicted octanol–water partition coefficient (Wildman–Crippen LogP) is 3.76. The van der Waals surface area contributed by atoms with Crippen LogP contribution in [0.4, 0.5) is 0 Å². The largest absolute Gasteiger partial charge is 0.489 e. The Kier molecular flexibility index (Phi) is 6.70. The summed E-state index contributed by atoms with van der Waals surface area (Å²) in [7, 11) is 1.84. The Morgan fingerprint density at radius 2 is 1.91 bits per heavy atom. The fraction of sp³-hybridized carbons (Fsp3) is 0.320. The van der Waals surface area contributed by atoms with Crippen molar-refractivity contribution in [1.82, 2.24) is 14.7 Å². The van der Waals surface area contributed by atoms with Gasteiger partial charge in [0.1, 0.15) is 11.9 Å². The molecule has 2 amide bonds. The van der Waals surface area contributed by atoms with Crippen LogP contribution in [0.3, 0.4) is 0 Å². The zero-order valence-corrected chi connectivity index (χ0v) is 19.5. The number of hydrogen-bond donors (Lipinski definition) is 1. The second-order valence-electron chi connectivity index (χ2n) is 8.44. The first-order chi connectivity index (χ1) is 15.8. The van der Waals surface area contributed by atoms with E-state index in [-0.39, 0.29) is 12.0 Å². The molecular weight excluding hydrogens is 440 g/mol. The minimum absolute atomic E-state index is 0.0759. The van der Waals surface area contributed by atoms with E-state index >= 15 is 0 Å². The van der Waals surface area contributed by atoms with Gasteiger partial charge < -0.3 is 15.4 Å². The topological polar surface area (TPSA) is 90.5 Å². The monoisotopic (exact) mass is 466 g/mol. The number of carbonyl (C=O) groups excluding carboxylic acids is 2. The lowest BCUT2D eigenvalue weighted by molar-refractivity contribution is -0.132. The number of rotatable bonds is 6. The zero-order valence-electron chi connectivity index (χ0n) is 18.8. The Hall–Kier alpha value is -3.32. The van der Waals surface area contributed by atoms with Gasteiger partial charge in [0.25, 0.3) is 5.91 Å². The average Bonchev–Trinajstić information content (AvgIpc) is 3.23. The molecule has 3 aromatic rings. The molecule has 0 saturated carbocycles. The predicted molar refractivity (Wildman–Crippen MR) is 127 cm³/mol. The highest BCUT2D eigenvalue weighted by molar-refractivity contribution is 6.31. The van der Waals surface area contributed by atoms with Crippen molar-refractivity contribution < 1.29 is 14.3 Å². The van der Waals surface area contributed by atoms with Crippen LogP contribution >= 0.6 is 11.6 Å². The van der Waals surface area contributed by atoms with Crippen molar-refractivity contribution in [3.8, 4) is 16.9 Å². The molecule has 33 heavy (non-hydrogen) atoms. The molecule has 172 valence electrons. The van der Waals surface area contributed by atoms with Gasteiger partial charge in [-0.15, -0.1) is 0 Å². The van der Waals surface area contributed by atoms with Crippen LogP contribution in [0.25, 0.3) is 11.1 Å². The number of benzene rings is 2. The third kappa shape index (κ3) is 5.37. The Bertz CT molecular complexity index is 1180. The van der Waals surface area contributed by atoms with E-state index in [1.165, 1.54) is 0 Å². The third-order valence-corrected chi connectivity index (χ3v) is 6.37. The van der Waals surface area contributed by atoms with E-state index in [1.54, 1.807) is 23.0 Å². The first kappa shape index (κ1) is 22.9. The summed E-state index contributed by atoms with van der Waals surface area (Å²) in [5, 5.41) is 4.84. The highest BCUT2D eigenvalue weighted by Gasteiger charge is 2.25. The van der Waals surface area contributed by atoms with E-state index in [0.717, 1.165) is 22.3 Å². The first-order valence-electron chi connectivity index (χ1n) is 10.9. The molecular formula is C25H27ClN4O3. The average molecular weight is 467 g/mol. The van der Waals surface area contributed by atoms with Crippen molar-refractivity contribution in [2.75, 3.05) is 13.1 Å². The second-order valence-corrected chi connectivity index (χ2v) is 8.84. The molecule has 1 aliphatic rings. The highest BCUT2D eigenvalue weighted by atomic mass is 35.5. The maximum atomic E-state index is 12.7. The molecule has 0 unspecified atom stereocenters. The molecule has 1 aliphatic heterocycles. The summed E-state index contributed by atoms with van der Waals surface area (Å²) in [6, 6.07) is 11.1. The van der Waals surface area contributed by atoms with Gasteiger partial charge in [-0.1, -0.05) is 29.8 Å². The number of aromatic nitrogens is 2. The van der Waals surface area contributed by atoms with Gasteiger partial charge in [0, 0.05) is 49.8 Å². The minimum Gasteiger partial charge on any atom is -0.489 e. The van der Waals surface area contributed by atoms with Crippen molar-refractivity contribution >= 4 is 23.4 Å². The van der Waals surface area contributed by atoms with Crippen LogP contribution in [0.1, 0.15) is 34.3 Å². The van der Waals surface area contributed by atoms with E-state index in [0.29, 0.717) is 48.7 Å². The van der Waals surface area contributed by atoms with Crippen molar-refractivity contribution in [2.45, 2.75) is 32.3 Å². The second kappa shape index (κ2) is 9.67. The molecule has 7 nitrogen and oxygen atoms in total. The number of primary amides is 1. The van der Waals surface area contributed by atoms with Crippen LogP contribution in [-0.4, -0.2) is 45.7 Å². The molecule has 1 aromatic heterocycles. The van der Waals surface area contributed by atoms with Gasteiger partial charge in [0.15, 0.2) is 0 Å². The summed E-state index contributed by atoms with van der Waals surface area (Å²) in [5.41, 5.74) is 9.61. The van der Waals surface area contributed by atoms with E-state index in [1.807, 2.05) is 49.3 Å². The maximum Gasteiger partial charge on any atom is 0.252 e. The lowest BCUT2D eigenvalue weighted by atomic mass is 10.0. The fourth-order valence-corrected chi connectivity index (χ4v) is 4.21. The number of nitrogens with two attached hydrogens (primary N) is 1. The molecule has 1 saturated heterocycles. The van der Waals surface area contributed by atoms with Crippen LogP contribution in [0.15, 0.2) is 48.8 Å². The Morgan fingerprint density at radius 3 is 2.55 bits per heavy atom. The normalized spacial score (nSPS) is 14.3. The molecule has 2 aromatic carbocycles. The molecule has 8 heteroatoms. The molecule has 1 fully saturated rings. The van der Waals surface area contributed by atoms with Crippen LogP contribution in [0.2, 0.25) is 5.02 Å². The van der Waals surface area contributed by atoms with Crippen molar-refractivity contribution in [3.05, 3.63) is 70.5 Å². The Labute approximate surface area is 198 Å². The SMILES string of the molecule is Cc1ccc(CC(=O)N2CCC(Oc3ccc(-c4cnn(C)c4)cc3C(N)=O)CC2)cc1Cl. The van der Waals surface area contributed by atoms with E-state index in [2.05, 4.69) is 5.10 Å². The lowest BCUT2D eigenvalue weighted by Gasteiger charge is -2.32. The third-order valence-electron chi connectivity index (χ3n) is 5.96. The Balaban J connectivity index is 1.37. The molecule has 0 atom stereocenters. The summed E-state index contributed by atoms with van der Waals surface area (Å²) in [6.07, 6.45) is 5.21. The Morgan fingerprint density at radius 1 is 1.15 bits per heavy atom. The number of carbonyl (C=O) groups is 2. The fourth-order valence-electron chi connectivity index (χ4n) is 4.01. The van der Waals surface area contributed by atoms with E-state index < -0.39 is 5.91 Å². The number of piperidine rings is 1. The van der Waals surface area contributed by atoms with Crippen LogP contribution in [-0.2, 0) is 18.3 Å². The number of halogens is 1. The number of nitrogens with zero attached hydrogens (tertiary/aromatic N) is 3. The van der Waals surface area contributed by atoms with Gasteiger partial charge in [-0.3, -0.25) is 14.3 Å². The van der Waals surface area contributed by atoms with Gasteiger partial charge in [-0.2, -0.15) is 5.10 Å². The maximum absolute atomic E-state index is 12.7. The van der Waals surface area contributed by atoms with Gasteiger partial charge in [0.05, 0.1) is 18.2 Å². The summed E-state index contributed by atoms with van der Waals surface area (Å²) in [5.74, 6) is 0.00125. The van der Waals surface area contributed by atoms with Gasteiger partial charge in [-0.25, -0.2) is 0 Å². The summed E-state index contributed by atoms with van der Waals surface area (Å²) in [6.45, 7) is 3.14. The number of ether oxygens (including phenoxy) is 1. The van der Waals surface area contributed by atoms with E-state index in [9.17, 15) is 9.59 Å². The van der Waals surface area contributed by atoms with Crippen molar-refractivity contribution in [1.29, 1.82) is 0 Å². The van der Waals surface area contributed by atoms with E-state index in [4.69, 9.17) is 22.1 Å². The molecule has 4 rings (SSSR count). The smallest absolute Gasteiger partial charge is 0.252 e. The molecule has 0 aliphatic carbocycles. The number of hydrogen-bond acceptors (Lipinski definition) is 4. The zero-order chi connectivity index (χ0) is 23.5. The summed E-state index contributed by atoms with van der Waals surface area (Å²) < 4.78 is 7.84. The number of amides is 2. The standard InChI is InChI=1S/C25H27ClN4O3/c1-16-3-4-17(11-22(16)26)12-24(31)30-9-7-20(8-10-30)33-23-6-5-18(13-21(23)25(27)32)19-14-28-29(2)15-19/h3-6,11,13-15,20H,7-10,12H2,1-2H3,(H2,27,32). The summed E-state index contributed by atoms with van der Waals surface area (Å²) >= 11 is 6.18. The highest BCUT2D eigenvalue weighted by Crippen LogP contribution is 2.29. The summed E-state index contributed by atoms with van der Waals surface area (Å²) in [4.78, 5) is 26.6. The van der Waals surface area contributed by atoms with Crippen molar-refractivity contribution in [3.63, 3.8) is 0 Å². The van der Waals surface area contributed by atoms with Gasteiger partial charge >= 0.3 is 0 Å². The number of likely N-dealkylation sites (tertiary alicyclic amines) is 1. The van der Waals surface area contributed by atoms with Crippen molar-refractivity contribution in [2.24, 2.45) is 12.8 Å². The molecule has 2 N–H and O–H groups in total. The minimum atomic E-state index is -0.542. The number of aryl methyl sites for hydroxylation is 2. The quantitative estimate of drug-likeness (QED) is 0.598. The molecule has 2 heterocycles. The van der Waals surface area contributed by atoms with Gasteiger partial charge in [-0.05, 0) is 41.8 Å². The van der Waals surface area contributed by atoms with Crippen LogP contribution in [0.5, 0.6) is 5.75 Å². The lowest BCUT2D eigenvalue weighted by Crippen LogP contribution is -2.42. The van der Waals surface area contributed by atoms with Gasteiger partial charge in [0.2, 0.25) is 5.91 Å². The van der Waals surface area contributed by atoms with Crippen LogP contribution in [0, 0.1) is 6.92 Å². The first-order valence-corrected chi connectivity index (χ1v) is 11.3. The van der Waals surface area contributed by atoms with Crippen LogP contribution < -0.4 is 10.5 Å². The molecule has 0 radical (unpaired) electrons. The molecule has 0 bridgehead atoms. The molecule has 0 spiro atoms.